The summed E-state index contributed by atoms with van der Waals surface area (Å²) in [7, 11) is -0.0404. The largest absolute Gasteiger partial charge is 0.488 e. The molecule has 1 aromatic carbocycles. The fourth-order valence-electron chi connectivity index (χ4n) is 3.17. The molecule has 10 nitrogen and oxygen atoms in total. The number of nitrogens with two attached hydrogens (primary N) is 1. The number of hydrogen-bond acceptors (Lipinski definition) is 8. The molecule has 0 aliphatic rings. The van der Waals surface area contributed by atoms with Crippen LogP contribution >= 0.6 is 0 Å². The van der Waals surface area contributed by atoms with Crippen LogP contribution in [0, 0.1) is 0 Å². The van der Waals surface area contributed by atoms with Crippen LogP contribution in [0.25, 0.3) is 17.2 Å². The van der Waals surface area contributed by atoms with Gasteiger partial charge < -0.3 is 25.8 Å². The number of imidazole rings is 1. The molecule has 0 atom stereocenters. The summed E-state index contributed by atoms with van der Waals surface area (Å²) in [5.41, 5.74) is 7.57. The van der Waals surface area contributed by atoms with Gasteiger partial charge in [-0.05, 0) is 23.2 Å². The van der Waals surface area contributed by atoms with Crippen LogP contribution in [0.5, 0.6) is 5.88 Å². The summed E-state index contributed by atoms with van der Waals surface area (Å²) in [6.45, 7) is 0.383. The second kappa shape index (κ2) is 8.42. The SMILES string of the molecule is COc1cc(NCc2cccc(B(O)O)c2)nc(-c2ncc3c(C(N)=O)cccn23)n1. The quantitative estimate of drug-likeness (QED) is 0.311. The average molecular weight is 418 g/mol. The lowest BCUT2D eigenvalue weighted by molar-refractivity contribution is 0.100. The second-order valence-electron chi connectivity index (χ2n) is 6.71. The molecule has 0 radical (unpaired) electrons. The van der Waals surface area contributed by atoms with Crippen molar-refractivity contribution in [3.05, 3.63) is 66.0 Å². The summed E-state index contributed by atoms with van der Waals surface area (Å²) in [6.07, 6.45) is 3.28. The van der Waals surface area contributed by atoms with Gasteiger partial charge in [-0.3, -0.25) is 9.20 Å². The molecule has 0 aliphatic heterocycles. The molecule has 31 heavy (non-hydrogen) atoms. The number of amides is 1. The Kier molecular flexibility index (Phi) is 5.52. The number of benzene rings is 1. The minimum absolute atomic E-state index is 0.294. The minimum atomic E-state index is -1.54. The summed E-state index contributed by atoms with van der Waals surface area (Å²) in [5.74, 6) is 0.976. The maximum absolute atomic E-state index is 11.7. The van der Waals surface area contributed by atoms with E-state index in [0.29, 0.717) is 46.4 Å². The molecule has 11 heteroatoms. The van der Waals surface area contributed by atoms with Gasteiger partial charge in [0.05, 0.1) is 24.4 Å². The first-order chi connectivity index (χ1) is 15.0. The fourth-order valence-corrected chi connectivity index (χ4v) is 3.17. The van der Waals surface area contributed by atoms with E-state index in [1.165, 1.54) is 13.3 Å². The summed E-state index contributed by atoms with van der Waals surface area (Å²) in [5, 5.41) is 21.9. The molecule has 0 bridgehead atoms. The number of fused-ring (bicyclic) bond motifs is 1. The van der Waals surface area contributed by atoms with Crippen LogP contribution in [0.2, 0.25) is 0 Å². The standard InChI is InChI=1S/C20H19BN6O4/c1-31-17-9-16(23-10-12-4-2-5-13(8-12)21(29)30)25-19(26-17)20-24-11-15-14(18(22)28)6-3-7-27(15)20/h2-9,11,29-30H,10H2,1H3,(H2,22,28)(H,23,25,26). The van der Waals surface area contributed by atoms with Crippen LogP contribution in [0.3, 0.4) is 0 Å². The number of carbonyl (C=O) groups excluding carboxylic acids is 1. The number of aromatic nitrogens is 4. The first-order valence-electron chi connectivity index (χ1n) is 9.34. The number of hydrogen-bond donors (Lipinski definition) is 4. The number of nitrogens with zero attached hydrogens (tertiary/aromatic N) is 4. The molecule has 0 saturated heterocycles. The molecule has 0 aliphatic carbocycles. The van der Waals surface area contributed by atoms with Crippen LogP contribution in [-0.4, -0.2) is 49.5 Å². The van der Waals surface area contributed by atoms with Crippen molar-refractivity contribution < 1.29 is 19.6 Å². The first-order valence-corrected chi connectivity index (χ1v) is 9.34. The van der Waals surface area contributed by atoms with Gasteiger partial charge in [-0.1, -0.05) is 24.3 Å². The molecular formula is C20H19BN6O4. The molecule has 0 fully saturated rings. The Labute approximate surface area is 177 Å². The van der Waals surface area contributed by atoms with E-state index in [1.807, 2.05) is 6.07 Å². The maximum atomic E-state index is 11.7. The Morgan fingerprint density at radius 1 is 1.23 bits per heavy atom. The van der Waals surface area contributed by atoms with Crippen molar-refractivity contribution >= 4 is 29.8 Å². The number of pyridine rings is 1. The van der Waals surface area contributed by atoms with Gasteiger partial charge in [-0.15, -0.1) is 0 Å². The van der Waals surface area contributed by atoms with Gasteiger partial charge in [0.2, 0.25) is 11.7 Å². The van der Waals surface area contributed by atoms with E-state index in [-0.39, 0.29) is 0 Å². The molecule has 0 unspecified atom stereocenters. The number of primary amides is 1. The molecule has 156 valence electrons. The highest BCUT2D eigenvalue weighted by molar-refractivity contribution is 6.58. The number of carbonyl (C=O) groups is 1. The van der Waals surface area contributed by atoms with Gasteiger partial charge in [-0.25, -0.2) is 9.97 Å². The number of rotatable bonds is 7. The van der Waals surface area contributed by atoms with Crippen LogP contribution in [0.15, 0.2) is 54.9 Å². The van der Waals surface area contributed by atoms with Crippen LogP contribution in [-0.2, 0) is 6.54 Å². The highest BCUT2D eigenvalue weighted by Crippen LogP contribution is 2.23. The van der Waals surface area contributed by atoms with Crippen LogP contribution in [0.1, 0.15) is 15.9 Å². The van der Waals surface area contributed by atoms with E-state index < -0.39 is 13.0 Å². The number of nitrogens with one attached hydrogen (secondary N) is 1. The van der Waals surface area contributed by atoms with E-state index in [9.17, 15) is 14.8 Å². The molecular weight excluding hydrogens is 399 g/mol. The highest BCUT2D eigenvalue weighted by atomic mass is 16.5. The van der Waals surface area contributed by atoms with E-state index in [4.69, 9.17) is 10.5 Å². The molecule has 5 N–H and O–H groups in total. The zero-order valence-electron chi connectivity index (χ0n) is 16.6. The first kappa shape index (κ1) is 20.3. The van der Waals surface area contributed by atoms with E-state index in [2.05, 4.69) is 20.3 Å². The Balaban J connectivity index is 1.67. The van der Waals surface area contributed by atoms with Crippen molar-refractivity contribution in [1.82, 2.24) is 19.4 Å². The number of ether oxygens (including phenoxy) is 1. The third-order valence-corrected chi connectivity index (χ3v) is 4.67. The third kappa shape index (κ3) is 4.18. The van der Waals surface area contributed by atoms with Crippen molar-refractivity contribution in [2.45, 2.75) is 6.54 Å². The zero-order valence-corrected chi connectivity index (χ0v) is 16.6. The Morgan fingerprint density at radius 3 is 2.81 bits per heavy atom. The van der Waals surface area contributed by atoms with Gasteiger partial charge in [0.1, 0.15) is 5.82 Å². The lowest BCUT2D eigenvalue weighted by Gasteiger charge is -2.10. The Bertz CT molecular complexity index is 1260. The fraction of sp³-hybridized carbons (Fsp3) is 0.100. The Hall–Kier alpha value is -3.96. The van der Waals surface area contributed by atoms with Crippen molar-refractivity contribution in [2.75, 3.05) is 12.4 Å². The van der Waals surface area contributed by atoms with E-state index in [0.717, 1.165) is 5.56 Å². The van der Waals surface area contributed by atoms with Crippen molar-refractivity contribution in [2.24, 2.45) is 5.73 Å². The molecule has 0 saturated carbocycles. The Morgan fingerprint density at radius 2 is 2.06 bits per heavy atom. The van der Waals surface area contributed by atoms with E-state index in [1.54, 1.807) is 47.0 Å². The summed E-state index contributed by atoms with van der Waals surface area (Å²) >= 11 is 0. The predicted molar refractivity (Wildman–Crippen MR) is 115 cm³/mol. The van der Waals surface area contributed by atoms with Gasteiger partial charge in [0.15, 0.2) is 5.82 Å². The molecule has 0 spiro atoms. The van der Waals surface area contributed by atoms with Gasteiger partial charge in [0, 0.05) is 18.8 Å². The lowest BCUT2D eigenvalue weighted by atomic mass is 9.80. The van der Waals surface area contributed by atoms with Gasteiger partial charge >= 0.3 is 7.12 Å². The topological polar surface area (TPSA) is 148 Å². The molecule has 4 rings (SSSR count). The molecule has 1 amide bonds. The smallest absolute Gasteiger partial charge is 0.481 e. The van der Waals surface area contributed by atoms with Crippen molar-refractivity contribution in [3.63, 3.8) is 0 Å². The third-order valence-electron chi connectivity index (χ3n) is 4.67. The van der Waals surface area contributed by atoms with Gasteiger partial charge in [0.25, 0.3) is 5.91 Å². The minimum Gasteiger partial charge on any atom is -0.481 e. The predicted octanol–water partition coefficient (Wildman–Crippen LogP) is 0.191. The van der Waals surface area contributed by atoms with Gasteiger partial charge in [-0.2, -0.15) is 4.98 Å². The normalized spacial score (nSPS) is 10.8. The zero-order chi connectivity index (χ0) is 22.0. The van der Waals surface area contributed by atoms with Crippen LogP contribution < -0.4 is 21.3 Å². The maximum Gasteiger partial charge on any atom is 0.488 e. The average Bonchev–Trinajstić information content (AvgIpc) is 3.21. The van der Waals surface area contributed by atoms with Crippen molar-refractivity contribution in [1.29, 1.82) is 0 Å². The van der Waals surface area contributed by atoms with Crippen LogP contribution in [0.4, 0.5) is 5.82 Å². The summed E-state index contributed by atoms with van der Waals surface area (Å²) in [4.78, 5) is 24.9. The second-order valence-corrected chi connectivity index (χ2v) is 6.71. The monoisotopic (exact) mass is 418 g/mol. The summed E-state index contributed by atoms with van der Waals surface area (Å²) < 4.78 is 6.99. The molecule has 3 aromatic heterocycles. The number of anilines is 1. The van der Waals surface area contributed by atoms with Crippen molar-refractivity contribution in [3.8, 4) is 17.5 Å². The highest BCUT2D eigenvalue weighted by Gasteiger charge is 2.16. The number of methoxy groups -OCH3 is 1. The lowest BCUT2D eigenvalue weighted by Crippen LogP contribution is -2.30. The summed E-state index contributed by atoms with van der Waals surface area (Å²) in [6, 6.07) is 11.9. The molecule has 3 heterocycles. The molecule has 4 aromatic rings. The van der Waals surface area contributed by atoms with E-state index >= 15 is 0 Å².